The normalized spacial score (nSPS) is 17.3. The van der Waals surface area contributed by atoms with Gasteiger partial charge in [0.15, 0.2) is 0 Å². The van der Waals surface area contributed by atoms with Crippen LogP contribution in [-0.4, -0.2) is 29.1 Å². The van der Waals surface area contributed by atoms with Crippen molar-refractivity contribution in [2.24, 2.45) is 5.41 Å². The van der Waals surface area contributed by atoms with Gasteiger partial charge >= 0.3 is 5.97 Å². The molecule has 2 aromatic carbocycles. The summed E-state index contributed by atoms with van der Waals surface area (Å²) < 4.78 is 0. The Morgan fingerprint density at radius 2 is 1.93 bits per heavy atom. The number of carboxylic acid groups (broad SMARTS) is 1. The topological polar surface area (TPSA) is 40.5 Å². The van der Waals surface area contributed by atoms with Gasteiger partial charge in [0.25, 0.3) is 0 Å². The number of hydrogen-bond acceptors (Lipinski definition) is 2. The van der Waals surface area contributed by atoms with Gasteiger partial charge in [-0.2, -0.15) is 0 Å². The summed E-state index contributed by atoms with van der Waals surface area (Å²) in [4.78, 5) is 13.5. The Labute approximate surface area is 167 Å². The van der Waals surface area contributed by atoms with Crippen LogP contribution in [0.3, 0.4) is 0 Å². The molecule has 0 spiro atoms. The van der Waals surface area contributed by atoms with Crippen molar-refractivity contribution in [3.8, 4) is 0 Å². The fourth-order valence-electron chi connectivity index (χ4n) is 4.01. The van der Waals surface area contributed by atoms with E-state index in [2.05, 4.69) is 55.1 Å². The number of halogens is 1. The van der Waals surface area contributed by atoms with E-state index in [4.69, 9.17) is 11.6 Å². The van der Waals surface area contributed by atoms with Crippen molar-refractivity contribution >= 4 is 17.6 Å². The van der Waals surface area contributed by atoms with E-state index in [1.165, 1.54) is 16.7 Å². The SMILES string of the molecule is CC[C@@H](Cc1cccc(CN2CC(C)(C(=O)O)C2)c1)c1ccc(Cl)c(C)c1. The molecule has 0 aromatic heterocycles. The Balaban J connectivity index is 1.66. The third kappa shape index (κ3) is 4.53. The molecule has 1 heterocycles. The zero-order valence-electron chi connectivity index (χ0n) is 16.3. The largest absolute Gasteiger partial charge is 0.481 e. The lowest BCUT2D eigenvalue weighted by Gasteiger charge is -2.45. The predicted molar refractivity (Wildman–Crippen MR) is 110 cm³/mol. The van der Waals surface area contributed by atoms with Crippen molar-refractivity contribution in [3.05, 3.63) is 69.7 Å². The molecule has 0 aliphatic carbocycles. The number of benzene rings is 2. The van der Waals surface area contributed by atoms with Crippen LogP contribution >= 0.6 is 11.6 Å². The van der Waals surface area contributed by atoms with Gasteiger partial charge < -0.3 is 5.11 Å². The van der Waals surface area contributed by atoms with Crippen LogP contribution in [0.15, 0.2) is 42.5 Å². The first-order chi connectivity index (χ1) is 12.8. The number of aryl methyl sites for hydroxylation is 1. The number of carbonyl (C=O) groups is 1. The molecule has 0 amide bonds. The van der Waals surface area contributed by atoms with E-state index in [0.717, 1.165) is 30.0 Å². The monoisotopic (exact) mass is 385 g/mol. The summed E-state index contributed by atoms with van der Waals surface area (Å²) in [6.45, 7) is 8.15. The predicted octanol–water partition coefficient (Wildman–Crippen LogP) is 5.29. The molecule has 4 heteroatoms. The van der Waals surface area contributed by atoms with Gasteiger partial charge in [0, 0.05) is 24.7 Å². The number of rotatable bonds is 7. The molecule has 1 atom stereocenters. The summed E-state index contributed by atoms with van der Waals surface area (Å²) in [5.74, 6) is -0.230. The summed E-state index contributed by atoms with van der Waals surface area (Å²) in [6.07, 6.45) is 2.08. The molecule has 0 radical (unpaired) electrons. The molecule has 0 unspecified atom stereocenters. The molecule has 1 fully saturated rings. The van der Waals surface area contributed by atoms with E-state index >= 15 is 0 Å². The zero-order valence-corrected chi connectivity index (χ0v) is 17.1. The minimum absolute atomic E-state index is 0.468. The minimum Gasteiger partial charge on any atom is -0.481 e. The zero-order chi connectivity index (χ0) is 19.6. The average Bonchev–Trinajstić information content (AvgIpc) is 2.61. The van der Waals surface area contributed by atoms with E-state index in [1.807, 2.05) is 13.0 Å². The maximum Gasteiger partial charge on any atom is 0.311 e. The molecule has 0 saturated carbocycles. The van der Waals surface area contributed by atoms with Crippen molar-refractivity contribution in [2.75, 3.05) is 13.1 Å². The molecule has 3 rings (SSSR count). The Bertz CT molecular complexity index is 827. The molecule has 3 nitrogen and oxygen atoms in total. The number of carboxylic acids is 1. The van der Waals surface area contributed by atoms with Gasteiger partial charge in [0.1, 0.15) is 0 Å². The molecule has 1 aliphatic rings. The smallest absolute Gasteiger partial charge is 0.311 e. The minimum atomic E-state index is -0.698. The Kier molecular flexibility index (Phi) is 5.92. The molecule has 2 aromatic rings. The van der Waals surface area contributed by atoms with E-state index in [0.29, 0.717) is 19.0 Å². The molecule has 27 heavy (non-hydrogen) atoms. The lowest BCUT2D eigenvalue weighted by molar-refractivity contribution is -0.158. The molecule has 1 aliphatic heterocycles. The highest BCUT2D eigenvalue weighted by Gasteiger charge is 2.44. The second kappa shape index (κ2) is 8.04. The second-order valence-corrected chi connectivity index (χ2v) is 8.56. The van der Waals surface area contributed by atoms with E-state index in [9.17, 15) is 9.90 Å². The van der Waals surface area contributed by atoms with Crippen molar-refractivity contribution in [1.82, 2.24) is 4.90 Å². The average molecular weight is 386 g/mol. The number of hydrogen-bond donors (Lipinski definition) is 1. The van der Waals surface area contributed by atoms with Crippen LogP contribution in [0, 0.1) is 12.3 Å². The van der Waals surface area contributed by atoms with Gasteiger partial charge in [-0.3, -0.25) is 9.69 Å². The van der Waals surface area contributed by atoms with Crippen molar-refractivity contribution < 1.29 is 9.90 Å². The number of likely N-dealkylation sites (tertiary alicyclic amines) is 1. The molecular formula is C23H28ClNO2. The Morgan fingerprint density at radius 3 is 2.56 bits per heavy atom. The van der Waals surface area contributed by atoms with Gasteiger partial charge in [-0.05, 0) is 60.9 Å². The van der Waals surface area contributed by atoms with Crippen LogP contribution < -0.4 is 0 Å². The highest BCUT2D eigenvalue weighted by Crippen LogP contribution is 2.32. The van der Waals surface area contributed by atoms with E-state index in [-0.39, 0.29) is 0 Å². The van der Waals surface area contributed by atoms with Crippen LogP contribution in [0.25, 0.3) is 0 Å². The lowest BCUT2D eigenvalue weighted by Crippen LogP contribution is -2.58. The van der Waals surface area contributed by atoms with Gasteiger partial charge in [-0.25, -0.2) is 0 Å². The summed E-state index contributed by atoms with van der Waals surface area (Å²) in [5, 5.41) is 10.1. The first kappa shape index (κ1) is 19.9. The third-order valence-electron chi connectivity index (χ3n) is 5.69. The van der Waals surface area contributed by atoms with E-state index in [1.54, 1.807) is 0 Å². The Hall–Kier alpha value is -1.84. The fraction of sp³-hybridized carbons (Fsp3) is 0.435. The van der Waals surface area contributed by atoms with Gasteiger partial charge in [-0.15, -0.1) is 0 Å². The van der Waals surface area contributed by atoms with Crippen LogP contribution in [0.2, 0.25) is 5.02 Å². The van der Waals surface area contributed by atoms with Gasteiger partial charge in [-0.1, -0.05) is 54.9 Å². The van der Waals surface area contributed by atoms with Crippen LogP contribution in [-0.2, 0) is 17.8 Å². The van der Waals surface area contributed by atoms with Crippen LogP contribution in [0.4, 0.5) is 0 Å². The first-order valence-electron chi connectivity index (χ1n) is 9.60. The standard InChI is InChI=1S/C23H28ClNO2/c1-4-19(20-8-9-21(24)16(2)10-20)12-17-6-5-7-18(11-17)13-25-14-23(3,15-25)22(26)27/h5-11,19H,4,12-15H2,1-3H3,(H,26,27)/t19-/m0/s1. The maximum absolute atomic E-state index is 11.3. The van der Waals surface area contributed by atoms with Crippen molar-refractivity contribution in [3.63, 3.8) is 0 Å². The number of aliphatic carboxylic acids is 1. The molecule has 0 bridgehead atoms. The molecule has 1 saturated heterocycles. The quantitative estimate of drug-likeness (QED) is 0.703. The second-order valence-electron chi connectivity index (χ2n) is 8.15. The fourth-order valence-corrected chi connectivity index (χ4v) is 4.12. The highest BCUT2D eigenvalue weighted by atomic mass is 35.5. The van der Waals surface area contributed by atoms with Gasteiger partial charge in [0.2, 0.25) is 0 Å². The van der Waals surface area contributed by atoms with Crippen LogP contribution in [0.1, 0.15) is 48.4 Å². The maximum atomic E-state index is 11.3. The Morgan fingerprint density at radius 1 is 1.22 bits per heavy atom. The van der Waals surface area contributed by atoms with Crippen molar-refractivity contribution in [1.29, 1.82) is 0 Å². The molecule has 144 valence electrons. The summed E-state index contributed by atoms with van der Waals surface area (Å²) >= 11 is 6.18. The first-order valence-corrected chi connectivity index (χ1v) is 9.98. The molecule has 1 N–H and O–H groups in total. The number of nitrogens with zero attached hydrogens (tertiary/aromatic N) is 1. The highest BCUT2D eigenvalue weighted by molar-refractivity contribution is 6.31. The molecular weight excluding hydrogens is 358 g/mol. The summed E-state index contributed by atoms with van der Waals surface area (Å²) in [5.41, 5.74) is 4.46. The van der Waals surface area contributed by atoms with Crippen molar-refractivity contribution in [2.45, 2.75) is 46.1 Å². The lowest BCUT2D eigenvalue weighted by atomic mass is 9.82. The van der Waals surface area contributed by atoms with E-state index < -0.39 is 11.4 Å². The summed E-state index contributed by atoms with van der Waals surface area (Å²) in [7, 11) is 0. The summed E-state index contributed by atoms with van der Waals surface area (Å²) in [6, 6.07) is 15.0. The van der Waals surface area contributed by atoms with Gasteiger partial charge in [0.05, 0.1) is 5.41 Å². The van der Waals surface area contributed by atoms with Crippen LogP contribution in [0.5, 0.6) is 0 Å². The third-order valence-corrected chi connectivity index (χ3v) is 6.11.